The number of nitrogens with zero attached hydrogens (tertiary/aromatic N) is 2. The maximum absolute atomic E-state index is 11.8. The van der Waals surface area contributed by atoms with Crippen molar-refractivity contribution in [1.82, 2.24) is 9.97 Å². The van der Waals surface area contributed by atoms with Gasteiger partial charge in [0.2, 0.25) is 5.95 Å². The zero-order chi connectivity index (χ0) is 23.1. The van der Waals surface area contributed by atoms with E-state index in [4.69, 9.17) is 9.88 Å². The van der Waals surface area contributed by atoms with Gasteiger partial charge in [0, 0.05) is 16.6 Å². The van der Waals surface area contributed by atoms with E-state index in [-0.39, 0.29) is 12.6 Å². The third-order valence-electron chi connectivity index (χ3n) is 4.39. The first kappa shape index (κ1) is 23.1. The molecule has 32 heavy (non-hydrogen) atoms. The van der Waals surface area contributed by atoms with Crippen LogP contribution in [-0.2, 0) is 9.71 Å². The van der Waals surface area contributed by atoms with Crippen molar-refractivity contribution in [3.8, 4) is 17.6 Å². The molecular formula is C23H25N5O3S. The van der Waals surface area contributed by atoms with Crippen LogP contribution in [0.15, 0.2) is 59.6 Å². The lowest BCUT2D eigenvalue weighted by atomic mass is 10.2. The molecule has 1 heterocycles. The number of rotatable bonds is 7. The van der Waals surface area contributed by atoms with Gasteiger partial charge in [-0.3, -0.25) is 5.14 Å². The van der Waals surface area contributed by atoms with Crippen LogP contribution in [0.5, 0.6) is 5.75 Å². The van der Waals surface area contributed by atoms with Crippen molar-refractivity contribution in [2.75, 3.05) is 24.4 Å². The summed E-state index contributed by atoms with van der Waals surface area (Å²) in [6.07, 6.45) is 1.60. The average Bonchev–Trinajstić information content (AvgIpc) is 2.78. The summed E-state index contributed by atoms with van der Waals surface area (Å²) in [5.41, 5.74) is 1.99. The van der Waals surface area contributed by atoms with Crippen LogP contribution in [0, 0.1) is 11.8 Å². The second-order valence-corrected chi connectivity index (χ2v) is 8.93. The molecule has 0 aliphatic rings. The summed E-state index contributed by atoms with van der Waals surface area (Å²) in [5, 5.41) is 21.2. The number of aliphatic hydroxyl groups excluding tert-OH is 1. The van der Waals surface area contributed by atoms with Crippen molar-refractivity contribution in [3.05, 3.63) is 65.9 Å². The molecule has 0 radical (unpaired) electrons. The highest BCUT2D eigenvalue weighted by Gasteiger charge is 2.10. The van der Waals surface area contributed by atoms with Crippen molar-refractivity contribution >= 4 is 33.0 Å². The zero-order valence-electron chi connectivity index (χ0n) is 17.8. The second-order valence-electron chi connectivity index (χ2n) is 7.01. The molecule has 1 unspecified atom stereocenters. The lowest BCUT2D eigenvalue weighted by Crippen LogP contribution is -2.21. The Morgan fingerprint density at radius 3 is 2.53 bits per heavy atom. The fraction of sp³-hybridized carbons (Fsp3) is 0.174. The minimum atomic E-state index is -2.77. The number of benzene rings is 2. The number of hydrogen-bond acceptors (Lipinski definition) is 7. The van der Waals surface area contributed by atoms with Gasteiger partial charge < -0.3 is 20.5 Å². The van der Waals surface area contributed by atoms with Crippen LogP contribution in [0.2, 0.25) is 0 Å². The molecule has 8 nitrogen and oxygen atoms in total. The highest BCUT2D eigenvalue weighted by Crippen LogP contribution is 2.20. The van der Waals surface area contributed by atoms with Crippen LogP contribution in [0.1, 0.15) is 18.1 Å². The number of nitrogens with two attached hydrogens (primary N) is 1. The topological polar surface area (TPSA) is 122 Å². The van der Waals surface area contributed by atoms with Crippen molar-refractivity contribution in [3.63, 3.8) is 0 Å². The van der Waals surface area contributed by atoms with E-state index in [1.807, 2.05) is 31.2 Å². The number of anilines is 3. The van der Waals surface area contributed by atoms with Gasteiger partial charge in [0.1, 0.15) is 11.6 Å². The summed E-state index contributed by atoms with van der Waals surface area (Å²) in [7, 11) is -1.18. The lowest BCUT2D eigenvalue weighted by Gasteiger charge is -2.14. The Bertz CT molecular complexity index is 1250. The first-order valence-corrected chi connectivity index (χ1v) is 11.5. The van der Waals surface area contributed by atoms with E-state index < -0.39 is 9.71 Å². The average molecular weight is 452 g/mol. The Balaban J connectivity index is 1.91. The molecule has 9 heteroatoms. The lowest BCUT2D eigenvalue weighted by molar-refractivity contribution is 0.281. The standard InChI is InChI=1S/C23H25N5O3S/c1-16(15-29)26-22-18(9-8-17-6-4-5-7-21(17)31-2)14-25-23(28-22)27-19-10-12-20(13-11-19)32(3,24)30/h4-7,10-14,16,29H,3,15H2,1-2H3,(H2,24,30)(H2,25,26,27,28)/t16-,32?/m1/s1. The Morgan fingerprint density at radius 2 is 1.88 bits per heavy atom. The summed E-state index contributed by atoms with van der Waals surface area (Å²) in [4.78, 5) is 9.30. The third kappa shape index (κ3) is 5.98. The van der Waals surface area contributed by atoms with E-state index in [1.165, 1.54) is 0 Å². The molecule has 2 atom stereocenters. The van der Waals surface area contributed by atoms with Gasteiger partial charge in [-0.2, -0.15) is 4.98 Å². The van der Waals surface area contributed by atoms with Crippen LogP contribution in [0.4, 0.5) is 17.5 Å². The van der Waals surface area contributed by atoms with Gasteiger partial charge >= 0.3 is 0 Å². The summed E-state index contributed by atoms with van der Waals surface area (Å²) in [6.45, 7) is 1.76. The maximum atomic E-state index is 11.8. The fourth-order valence-corrected chi connectivity index (χ4v) is 3.30. The van der Waals surface area contributed by atoms with Crippen molar-refractivity contribution < 1.29 is 14.1 Å². The first-order chi connectivity index (χ1) is 15.3. The number of nitrogens with one attached hydrogen (secondary N) is 2. The van der Waals surface area contributed by atoms with Gasteiger partial charge in [-0.1, -0.05) is 24.0 Å². The van der Waals surface area contributed by atoms with Crippen LogP contribution in [-0.4, -0.2) is 44.9 Å². The third-order valence-corrected chi connectivity index (χ3v) is 5.46. The molecule has 166 valence electrons. The molecule has 0 spiro atoms. The van der Waals surface area contributed by atoms with Gasteiger partial charge in [0.05, 0.1) is 40.7 Å². The molecule has 3 aromatic rings. The summed E-state index contributed by atoms with van der Waals surface area (Å²) in [6, 6.07) is 13.9. The molecule has 0 bridgehead atoms. The molecular weight excluding hydrogens is 426 g/mol. The number of aliphatic hydroxyl groups is 1. The molecule has 0 aliphatic carbocycles. The smallest absolute Gasteiger partial charge is 0.229 e. The second kappa shape index (κ2) is 10.2. The van der Waals surface area contributed by atoms with E-state index in [1.54, 1.807) is 37.6 Å². The number of para-hydroxylation sites is 1. The molecule has 2 aromatic carbocycles. The summed E-state index contributed by atoms with van der Waals surface area (Å²) < 4.78 is 17.2. The van der Waals surface area contributed by atoms with Crippen LogP contribution in [0.25, 0.3) is 0 Å². The van der Waals surface area contributed by atoms with E-state index in [2.05, 4.69) is 38.3 Å². The van der Waals surface area contributed by atoms with Crippen molar-refractivity contribution in [2.24, 2.45) is 5.14 Å². The number of aromatic nitrogens is 2. The molecule has 1 aromatic heterocycles. The molecule has 0 saturated carbocycles. The fourth-order valence-electron chi connectivity index (χ4n) is 2.70. The Morgan fingerprint density at radius 1 is 1.19 bits per heavy atom. The number of ether oxygens (including phenoxy) is 1. The van der Waals surface area contributed by atoms with Gasteiger partial charge in [-0.25, -0.2) is 9.19 Å². The summed E-state index contributed by atoms with van der Waals surface area (Å²) >= 11 is 0. The Hall–Kier alpha value is -3.58. The minimum absolute atomic E-state index is 0.0724. The molecule has 3 rings (SSSR count). The Kier molecular flexibility index (Phi) is 7.33. The molecule has 5 N–H and O–H groups in total. The van der Waals surface area contributed by atoms with Gasteiger partial charge in [0.25, 0.3) is 0 Å². The van der Waals surface area contributed by atoms with E-state index in [9.17, 15) is 9.32 Å². The maximum Gasteiger partial charge on any atom is 0.229 e. The van der Waals surface area contributed by atoms with E-state index in [0.29, 0.717) is 33.7 Å². The first-order valence-electron chi connectivity index (χ1n) is 9.71. The highest BCUT2D eigenvalue weighted by molar-refractivity contribution is 7.98. The van der Waals surface area contributed by atoms with E-state index >= 15 is 0 Å². The minimum Gasteiger partial charge on any atom is -0.495 e. The van der Waals surface area contributed by atoms with E-state index in [0.717, 1.165) is 5.56 Å². The SMILES string of the molecule is C=S(N)(=O)c1ccc(Nc2ncc(C#Cc3ccccc3OC)c(N[C@H](C)CO)n2)cc1. The predicted octanol–water partition coefficient (Wildman–Crippen LogP) is 2.37. The van der Waals surface area contributed by atoms with Crippen LogP contribution < -0.4 is 20.5 Å². The van der Waals surface area contributed by atoms with Crippen molar-refractivity contribution in [2.45, 2.75) is 17.9 Å². The molecule has 0 aliphatic heterocycles. The van der Waals surface area contributed by atoms with Gasteiger partial charge in [-0.15, -0.1) is 0 Å². The zero-order valence-corrected chi connectivity index (χ0v) is 18.6. The van der Waals surface area contributed by atoms with Crippen molar-refractivity contribution in [1.29, 1.82) is 0 Å². The number of hydrogen-bond donors (Lipinski definition) is 4. The number of methoxy groups -OCH3 is 1. The summed E-state index contributed by atoms with van der Waals surface area (Å²) in [5.74, 6) is 11.1. The molecule has 0 saturated heterocycles. The Labute approximate surface area is 188 Å². The quantitative estimate of drug-likeness (QED) is 0.321. The predicted molar refractivity (Wildman–Crippen MR) is 129 cm³/mol. The van der Waals surface area contributed by atoms with Crippen LogP contribution in [0.3, 0.4) is 0 Å². The van der Waals surface area contributed by atoms with Crippen LogP contribution >= 0.6 is 0 Å². The largest absolute Gasteiger partial charge is 0.495 e. The van der Waals surface area contributed by atoms with Gasteiger partial charge in [-0.05, 0) is 49.2 Å². The van der Waals surface area contributed by atoms with Gasteiger partial charge in [0.15, 0.2) is 0 Å². The highest BCUT2D eigenvalue weighted by atomic mass is 32.2. The normalized spacial score (nSPS) is 13.2. The molecule has 0 fully saturated rings. The molecule has 0 amide bonds. The monoisotopic (exact) mass is 451 g/mol.